The Balaban J connectivity index is 1.90. The van der Waals surface area contributed by atoms with Gasteiger partial charge in [0.05, 0.1) is 22.9 Å². The number of carbonyl (C=O) groups excluding carboxylic acids is 2. The average Bonchev–Trinajstić information content (AvgIpc) is 3.22. The number of thiazole rings is 1. The maximum atomic E-state index is 14.9. The molecule has 0 aliphatic carbocycles. The zero-order chi connectivity index (χ0) is 22.1. The number of fused-ring (bicyclic) bond motifs is 2. The second-order valence-corrected chi connectivity index (χ2v) is 9.23. The van der Waals surface area contributed by atoms with Crippen molar-refractivity contribution in [1.82, 2.24) is 9.47 Å². The molecule has 2 aliphatic heterocycles. The molecule has 4 rings (SSSR count). The minimum Gasteiger partial charge on any atom is -0.477 e. The fourth-order valence-corrected chi connectivity index (χ4v) is 6.73. The van der Waals surface area contributed by atoms with Crippen molar-refractivity contribution < 1.29 is 33.4 Å². The van der Waals surface area contributed by atoms with E-state index in [0.29, 0.717) is 15.5 Å². The van der Waals surface area contributed by atoms with E-state index in [1.807, 2.05) is 6.92 Å². The second-order valence-electron chi connectivity index (χ2n) is 7.44. The fraction of sp³-hybridized carbons (Fsp3) is 0.444. The molecule has 2 aliphatic rings. The molecular weight excluding hydrogens is 435 g/mol. The first-order chi connectivity index (χ1) is 14.1. The van der Waals surface area contributed by atoms with Crippen molar-refractivity contribution in [3.05, 3.63) is 22.8 Å². The summed E-state index contributed by atoms with van der Waals surface area (Å²) in [7, 11) is 0. The van der Waals surface area contributed by atoms with E-state index in [2.05, 4.69) is 0 Å². The first-order valence-electron chi connectivity index (χ1n) is 9.14. The predicted molar refractivity (Wildman–Crippen MR) is 106 cm³/mol. The number of primary amides is 1. The lowest BCUT2D eigenvalue weighted by Gasteiger charge is -2.46. The number of carboxylic acid groups (broad SMARTS) is 1. The van der Waals surface area contributed by atoms with E-state index >= 15 is 0 Å². The zero-order valence-corrected chi connectivity index (χ0v) is 18.0. The van der Waals surface area contributed by atoms with Gasteiger partial charge < -0.3 is 20.8 Å². The Morgan fingerprint density at radius 1 is 1.47 bits per heavy atom. The Labute approximate surface area is 178 Å². The molecule has 2 aromatic heterocycles. The van der Waals surface area contributed by atoms with Gasteiger partial charge in [-0.25, -0.2) is 4.79 Å². The Morgan fingerprint density at radius 3 is 2.67 bits per heavy atom. The average molecular weight is 456 g/mol. The number of nitrogens with two attached hydrogens (primary N) is 1. The van der Waals surface area contributed by atoms with Crippen LogP contribution in [0, 0.1) is 17.8 Å². The van der Waals surface area contributed by atoms with E-state index in [1.165, 1.54) is 29.9 Å². The van der Waals surface area contributed by atoms with Crippen LogP contribution in [0.3, 0.4) is 0 Å². The first-order valence-corrected chi connectivity index (χ1v) is 11.2. The number of aliphatic hydroxyl groups is 1. The highest BCUT2D eigenvalue weighted by molar-refractivity contribution is 7.98. The van der Waals surface area contributed by atoms with Gasteiger partial charge >= 0.3 is 11.9 Å². The highest BCUT2D eigenvalue weighted by Crippen LogP contribution is 2.52. The van der Waals surface area contributed by atoms with E-state index in [-0.39, 0.29) is 23.0 Å². The van der Waals surface area contributed by atoms with Gasteiger partial charge in [0.25, 0.3) is 17.1 Å². The number of amides is 2. The molecule has 4 heterocycles. The Kier molecular flexibility index (Phi) is 4.90. The number of halogens is 1. The zero-order valence-electron chi connectivity index (χ0n) is 16.3. The van der Waals surface area contributed by atoms with Crippen molar-refractivity contribution in [3.63, 3.8) is 0 Å². The molecule has 4 N–H and O–H groups in total. The van der Waals surface area contributed by atoms with Crippen LogP contribution in [0.25, 0.3) is 10.4 Å². The third kappa shape index (κ3) is 2.70. The molecule has 2 amide bonds. The molecule has 2 aromatic rings. The van der Waals surface area contributed by atoms with E-state index in [1.54, 1.807) is 10.7 Å². The number of hydrogen-bond acceptors (Lipinski definition) is 6. The molecule has 1 saturated heterocycles. The number of hydrogen-bond donors (Lipinski definition) is 3. The highest BCUT2D eigenvalue weighted by Gasteiger charge is 2.60. The number of imidazole rings is 1. The van der Waals surface area contributed by atoms with Gasteiger partial charge in [-0.1, -0.05) is 30.0 Å². The largest absolute Gasteiger partial charge is 0.477 e. The fourth-order valence-electron chi connectivity index (χ4n) is 4.46. The van der Waals surface area contributed by atoms with Gasteiger partial charge in [0.2, 0.25) is 5.91 Å². The van der Waals surface area contributed by atoms with Gasteiger partial charge in [0.1, 0.15) is 5.70 Å². The van der Waals surface area contributed by atoms with Crippen molar-refractivity contribution >= 4 is 51.3 Å². The Morgan fingerprint density at radius 2 is 2.13 bits per heavy atom. The van der Waals surface area contributed by atoms with Crippen molar-refractivity contribution in [3.8, 4) is 0 Å². The highest BCUT2D eigenvalue weighted by atomic mass is 32.2. The predicted octanol–water partition coefficient (Wildman–Crippen LogP) is 0.288. The van der Waals surface area contributed by atoms with Crippen molar-refractivity contribution in [1.29, 1.82) is 0 Å². The monoisotopic (exact) mass is 455 g/mol. The summed E-state index contributed by atoms with van der Waals surface area (Å²) >= 11 is 2.36. The van der Waals surface area contributed by atoms with Gasteiger partial charge in [-0.2, -0.15) is 13.4 Å². The van der Waals surface area contributed by atoms with Crippen LogP contribution >= 0.6 is 23.1 Å². The number of carbonyl (C=O) groups is 3. The quantitative estimate of drug-likeness (QED) is 0.326. The number of aromatic nitrogens is 2. The van der Waals surface area contributed by atoms with Crippen LogP contribution in [0.15, 0.2) is 17.1 Å². The number of rotatable bonds is 6. The van der Waals surface area contributed by atoms with Crippen molar-refractivity contribution in [2.24, 2.45) is 17.6 Å². The SMILES string of the molecule is CSc1c(C2=C(C(=O)O)N3C(=O)[C@H]([C@@H](C)O)[C@H]3[C@H]2C)sc2c(F)n(CC(N)=O)c[n+]12. The molecule has 160 valence electrons. The molecule has 0 unspecified atom stereocenters. The summed E-state index contributed by atoms with van der Waals surface area (Å²) in [5.41, 5.74) is 5.50. The van der Waals surface area contributed by atoms with Crippen LogP contribution in [-0.4, -0.2) is 55.9 Å². The summed E-state index contributed by atoms with van der Waals surface area (Å²) in [5, 5.41) is 20.5. The summed E-state index contributed by atoms with van der Waals surface area (Å²) in [5.74, 6) is -4.03. The van der Waals surface area contributed by atoms with Crippen LogP contribution in [0.4, 0.5) is 4.39 Å². The number of aliphatic carboxylic acids is 1. The molecule has 30 heavy (non-hydrogen) atoms. The van der Waals surface area contributed by atoms with E-state index in [4.69, 9.17) is 5.73 Å². The molecular formula is C18H20FN4O5S2+. The first kappa shape index (κ1) is 20.8. The van der Waals surface area contributed by atoms with Crippen LogP contribution < -0.4 is 10.1 Å². The van der Waals surface area contributed by atoms with Gasteiger partial charge in [0.15, 0.2) is 11.6 Å². The van der Waals surface area contributed by atoms with Gasteiger partial charge in [0, 0.05) is 11.5 Å². The number of thioether (sulfide) groups is 1. The van der Waals surface area contributed by atoms with Gasteiger partial charge in [-0.05, 0) is 13.2 Å². The summed E-state index contributed by atoms with van der Waals surface area (Å²) in [6, 6.07) is -0.459. The third-order valence-corrected chi connectivity index (χ3v) is 7.75. The standard InChI is InChI=1S/C18H19FN4O5S2/c1-6-9(12(18(27)28)23-11(6)10(7(2)24)15(23)26)13-16(29-3)22-5-21(4-8(20)25)14(19)17(22)30-13/h5-7,10-11,24H,4H2,1-3H3,(H2-,20,25,27,28)/p+1/t6-,7+,10+,11+/m0/s1. The summed E-state index contributed by atoms with van der Waals surface area (Å²) in [6.07, 6.45) is 2.29. The molecule has 1 fully saturated rings. The molecule has 0 aromatic carbocycles. The van der Waals surface area contributed by atoms with Gasteiger partial charge in [-0.3, -0.25) is 9.59 Å². The van der Waals surface area contributed by atoms with Crippen molar-refractivity contribution in [2.75, 3.05) is 6.26 Å². The number of aliphatic hydroxyl groups excluding tert-OH is 1. The lowest BCUT2D eigenvalue weighted by atomic mass is 9.77. The smallest absolute Gasteiger partial charge is 0.352 e. The lowest BCUT2D eigenvalue weighted by Crippen LogP contribution is -2.63. The van der Waals surface area contributed by atoms with Crippen LogP contribution in [0.1, 0.15) is 18.7 Å². The van der Waals surface area contributed by atoms with E-state index in [0.717, 1.165) is 15.9 Å². The molecule has 12 heteroatoms. The maximum Gasteiger partial charge on any atom is 0.352 e. The minimum atomic E-state index is -1.24. The summed E-state index contributed by atoms with van der Waals surface area (Å²) in [4.78, 5) is 37.8. The maximum absolute atomic E-state index is 14.9. The van der Waals surface area contributed by atoms with Crippen LogP contribution in [0.5, 0.6) is 0 Å². The Hall–Kier alpha value is -2.44. The number of nitrogens with zero attached hydrogens (tertiary/aromatic N) is 3. The van der Waals surface area contributed by atoms with Crippen LogP contribution in [-0.2, 0) is 20.9 Å². The molecule has 0 bridgehead atoms. The van der Waals surface area contributed by atoms with Crippen molar-refractivity contribution in [2.45, 2.75) is 37.6 Å². The second kappa shape index (κ2) is 7.06. The topological polar surface area (TPSA) is 130 Å². The van der Waals surface area contributed by atoms with Gasteiger partial charge in [-0.15, -0.1) is 0 Å². The molecule has 0 spiro atoms. The number of carboxylic acids is 1. The summed E-state index contributed by atoms with van der Waals surface area (Å²) in [6.45, 7) is 3.01. The van der Waals surface area contributed by atoms with E-state index in [9.17, 15) is 29.0 Å². The molecule has 4 atom stereocenters. The normalized spacial score (nSPS) is 24.4. The summed E-state index contributed by atoms with van der Waals surface area (Å²) < 4.78 is 17.5. The third-order valence-electron chi connectivity index (χ3n) is 5.65. The number of β-lactam (4-membered cyclic amide) rings is 1. The Bertz CT molecular complexity index is 1140. The minimum absolute atomic E-state index is 0.125. The van der Waals surface area contributed by atoms with Crippen LogP contribution in [0.2, 0.25) is 0 Å². The lowest BCUT2D eigenvalue weighted by molar-refractivity contribution is -0.551. The molecule has 0 saturated carbocycles. The molecule has 0 radical (unpaired) electrons. The molecule has 9 nitrogen and oxygen atoms in total. The van der Waals surface area contributed by atoms with E-state index < -0.39 is 41.8 Å².